The van der Waals surface area contributed by atoms with Crippen LogP contribution in [0.1, 0.15) is 5.48 Å². The van der Waals surface area contributed by atoms with E-state index < -0.39 is 0 Å². The van der Waals surface area contributed by atoms with Gasteiger partial charge in [-0.2, -0.15) is 0 Å². The molecule has 0 saturated carbocycles. The van der Waals surface area contributed by atoms with E-state index in [1.165, 1.54) is 0 Å². The summed E-state index contributed by atoms with van der Waals surface area (Å²) >= 11 is 0. The van der Waals surface area contributed by atoms with E-state index in [0.29, 0.717) is 0 Å². The summed E-state index contributed by atoms with van der Waals surface area (Å²) < 4.78 is 28.3. The van der Waals surface area contributed by atoms with Gasteiger partial charge in [0.1, 0.15) is 5.82 Å². The molecule has 0 atom stereocenters. The maximum atomic E-state index is 7.11. The Morgan fingerprint density at radius 3 is 3.43 bits per heavy atom. The van der Waals surface area contributed by atoms with E-state index in [1.807, 2.05) is 0 Å². The number of anilines is 1. The third-order valence-electron chi connectivity index (χ3n) is 0.485. The lowest BCUT2D eigenvalue weighted by Gasteiger charge is -1.82. The van der Waals surface area contributed by atoms with Gasteiger partial charge in [-0.15, -0.1) is 0 Å². The van der Waals surface area contributed by atoms with Crippen molar-refractivity contribution in [3.05, 3.63) is 24.3 Å². The van der Waals surface area contributed by atoms with Crippen LogP contribution in [0.15, 0.2) is 24.3 Å². The largest absolute Gasteiger partial charge is 0.384 e. The van der Waals surface area contributed by atoms with Crippen molar-refractivity contribution in [1.82, 2.24) is 4.98 Å². The number of pyridine rings is 1. The van der Waals surface area contributed by atoms with Crippen LogP contribution in [0.3, 0.4) is 0 Å². The molecule has 1 aromatic heterocycles. The summed E-state index contributed by atoms with van der Waals surface area (Å²) in [7, 11) is 0. The number of hydrogen-bond acceptors (Lipinski definition) is 2. The second kappa shape index (κ2) is 1.60. The summed E-state index contributed by atoms with van der Waals surface area (Å²) in [6.45, 7) is 0. The first-order valence-corrected chi connectivity index (χ1v) is 1.74. The van der Waals surface area contributed by atoms with E-state index in [4.69, 9.17) is 11.2 Å². The van der Waals surface area contributed by atoms with Gasteiger partial charge < -0.3 is 5.73 Å². The molecule has 36 valence electrons. The van der Waals surface area contributed by atoms with Crippen molar-refractivity contribution < 1.29 is 5.48 Å². The van der Waals surface area contributed by atoms with Crippen molar-refractivity contribution in [3.8, 4) is 0 Å². The Morgan fingerprint density at radius 2 is 2.57 bits per heavy atom. The van der Waals surface area contributed by atoms with Crippen LogP contribution >= 0.6 is 0 Å². The SMILES string of the molecule is [2H]c1nc(N)c([2H])c([2H])c1[2H]. The fourth-order valence-electron chi connectivity index (χ4n) is 0.239. The molecule has 0 unspecified atom stereocenters. The van der Waals surface area contributed by atoms with E-state index in [0.717, 1.165) is 0 Å². The monoisotopic (exact) mass is 98.1 g/mol. The van der Waals surface area contributed by atoms with Gasteiger partial charge in [0.15, 0.2) is 0 Å². The first kappa shape index (κ1) is 1.47. The Hall–Kier alpha value is -1.05. The fourth-order valence-corrected chi connectivity index (χ4v) is 0.239. The summed E-state index contributed by atoms with van der Waals surface area (Å²) in [6, 6.07) is -0.988. The molecule has 0 aliphatic heterocycles. The van der Waals surface area contributed by atoms with Crippen LogP contribution in [-0.2, 0) is 0 Å². The highest BCUT2D eigenvalue weighted by atomic mass is 14.8. The van der Waals surface area contributed by atoms with E-state index in [1.54, 1.807) is 0 Å². The fraction of sp³-hybridized carbons (Fsp3) is 0. The second-order valence-electron chi connectivity index (χ2n) is 0.984. The second-order valence-corrected chi connectivity index (χ2v) is 0.984. The molecule has 2 heteroatoms. The molecule has 0 aliphatic carbocycles. The maximum absolute atomic E-state index is 7.11. The Labute approximate surface area is 47.6 Å². The number of nitrogens with zero attached hydrogens (tertiary/aromatic N) is 1. The molecule has 1 rings (SSSR count). The Balaban J connectivity index is 3.46. The van der Waals surface area contributed by atoms with Gasteiger partial charge in [0, 0.05) is 6.17 Å². The van der Waals surface area contributed by atoms with Gasteiger partial charge in [0.25, 0.3) is 0 Å². The van der Waals surface area contributed by atoms with Crippen molar-refractivity contribution in [3.63, 3.8) is 0 Å². The van der Waals surface area contributed by atoms with E-state index in [9.17, 15) is 0 Å². The molecule has 7 heavy (non-hydrogen) atoms. The van der Waals surface area contributed by atoms with Crippen LogP contribution in [0.4, 0.5) is 5.82 Å². The lowest BCUT2D eigenvalue weighted by Crippen LogP contribution is -1.85. The number of rotatable bonds is 0. The third-order valence-corrected chi connectivity index (χ3v) is 0.485. The molecule has 2 nitrogen and oxygen atoms in total. The average Bonchev–Trinajstić information content (AvgIpc) is 1.97. The zero-order valence-corrected chi connectivity index (χ0v) is 3.52. The Bertz CT molecular complexity index is 273. The highest BCUT2D eigenvalue weighted by molar-refractivity contribution is 5.25. The van der Waals surface area contributed by atoms with Crippen molar-refractivity contribution >= 4 is 5.82 Å². The van der Waals surface area contributed by atoms with Crippen LogP contribution in [0, 0.1) is 0 Å². The van der Waals surface area contributed by atoms with Crippen molar-refractivity contribution in [1.29, 1.82) is 0 Å². The summed E-state index contributed by atoms with van der Waals surface area (Å²) in [5.74, 6) is -0.170. The summed E-state index contributed by atoms with van der Waals surface area (Å²) in [5, 5.41) is 0. The minimum Gasteiger partial charge on any atom is -0.384 e. The van der Waals surface area contributed by atoms with Crippen molar-refractivity contribution in [2.45, 2.75) is 0 Å². The lowest BCUT2D eigenvalue weighted by molar-refractivity contribution is 1.34. The van der Waals surface area contributed by atoms with E-state index in [2.05, 4.69) is 4.98 Å². The molecule has 0 saturated heterocycles. The van der Waals surface area contributed by atoms with Crippen LogP contribution in [0.2, 0.25) is 0 Å². The van der Waals surface area contributed by atoms with Crippen LogP contribution < -0.4 is 5.73 Å². The number of nitrogens with two attached hydrogens (primary N) is 1. The Kier molecular flexibility index (Phi) is 0.336. The normalized spacial score (nSPS) is 16.6. The zero-order chi connectivity index (χ0) is 8.59. The minimum atomic E-state index is -0.358. The Morgan fingerprint density at radius 1 is 1.71 bits per heavy atom. The summed E-state index contributed by atoms with van der Waals surface area (Å²) in [4.78, 5) is 3.38. The predicted octanol–water partition coefficient (Wildman–Crippen LogP) is 0.664. The zero-order valence-electron chi connectivity index (χ0n) is 7.52. The molecule has 0 aliphatic rings. The lowest BCUT2D eigenvalue weighted by atomic mass is 10.5. The molecular weight excluding hydrogens is 88.1 g/mol. The molecular formula is C5H6N2. The number of hydrogen-bond donors (Lipinski definition) is 1. The van der Waals surface area contributed by atoms with E-state index >= 15 is 0 Å². The molecule has 0 aromatic carbocycles. The quantitative estimate of drug-likeness (QED) is 0.517. The number of aromatic nitrogens is 1. The van der Waals surface area contributed by atoms with Crippen molar-refractivity contribution in [2.24, 2.45) is 0 Å². The van der Waals surface area contributed by atoms with Gasteiger partial charge in [-0.25, -0.2) is 4.98 Å². The molecule has 0 radical (unpaired) electrons. The summed E-state index contributed by atoms with van der Waals surface area (Å²) in [5.41, 5.74) is 5.17. The molecule has 0 fully saturated rings. The van der Waals surface area contributed by atoms with Crippen LogP contribution in [0.5, 0.6) is 0 Å². The van der Waals surface area contributed by atoms with Gasteiger partial charge >= 0.3 is 0 Å². The maximum Gasteiger partial charge on any atom is 0.123 e. The molecule has 0 spiro atoms. The van der Waals surface area contributed by atoms with Gasteiger partial charge in [0.2, 0.25) is 0 Å². The van der Waals surface area contributed by atoms with Gasteiger partial charge in [-0.3, -0.25) is 0 Å². The highest BCUT2D eigenvalue weighted by Gasteiger charge is 1.73. The molecule has 0 amide bonds. The van der Waals surface area contributed by atoms with Gasteiger partial charge in [0.05, 0.1) is 5.48 Å². The molecule has 1 heterocycles. The molecule has 2 N–H and O–H groups in total. The number of nitrogen functional groups attached to an aromatic ring is 1. The first-order chi connectivity index (χ1) is 5.04. The van der Waals surface area contributed by atoms with Crippen LogP contribution in [0.25, 0.3) is 0 Å². The topological polar surface area (TPSA) is 38.9 Å². The standard InChI is InChI=1S/C5H6N2/c6-5-3-1-2-4-7-5/h1-4H,(H2,6,7)/i1D,2D,3D,4D. The summed E-state index contributed by atoms with van der Waals surface area (Å²) in [6.07, 6.45) is -0.358. The minimum absolute atomic E-state index is 0.170. The van der Waals surface area contributed by atoms with E-state index in [-0.39, 0.29) is 30.1 Å². The smallest absolute Gasteiger partial charge is 0.123 e. The third kappa shape index (κ3) is 0.892. The predicted molar refractivity (Wildman–Crippen MR) is 28.6 cm³/mol. The molecule has 0 bridgehead atoms. The molecule has 1 aromatic rings. The van der Waals surface area contributed by atoms with Crippen LogP contribution in [-0.4, -0.2) is 4.98 Å². The van der Waals surface area contributed by atoms with Crippen molar-refractivity contribution in [2.75, 3.05) is 5.73 Å². The average molecular weight is 98.1 g/mol. The highest BCUT2D eigenvalue weighted by Crippen LogP contribution is 1.89. The van der Waals surface area contributed by atoms with Gasteiger partial charge in [-0.1, -0.05) is 6.04 Å². The first-order valence-electron chi connectivity index (χ1n) is 3.74. The van der Waals surface area contributed by atoms with Gasteiger partial charge in [-0.05, 0) is 12.1 Å².